The Morgan fingerprint density at radius 1 is 1.44 bits per heavy atom. The number of methoxy groups -OCH3 is 1. The van der Waals surface area contributed by atoms with Gasteiger partial charge in [0.05, 0.1) is 13.3 Å². The highest BCUT2D eigenvalue weighted by molar-refractivity contribution is 7.93. The standard InChI is InChI=1S/C9H10N4O3S2/c1-16-7-3-2-6(10)4-8(7)18(14,15)12-9-5-11-13-17-9/h2-5,12H,10H2,1H3. The monoisotopic (exact) mass is 286 g/mol. The second kappa shape index (κ2) is 4.78. The number of benzene rings is 1. The van der Waals surface area contributed by atoms with Crippen molar-refractivity contribution < 1.29 is 13.2 Å². The Kier molecular flexibility index (Phi) is 3.34. The highest BCUT2D eigenvalue weighted by atomic mass is 32.2. The molecule has 0 saturated carbocycles. The maximum Gasteiger partial charge on any atom is 0.266 e. The first-order chi connectivity index (χ1) is 8.53. The predicted molar refractivity (Wildman–Crippen MR) is 68.1 cm³/mol. The Labute approximate surface area is 108 Å². The topological polar surface area (TPSA) is 107 Å². The van der Waals surface area contributed by atoms with Gasteiger partial charge < -0.3 is 10.5 Å². The number of aromatic nitrogens is 2. The number of rotatable bonds is 4. The van der Waals surface area contributed by atoms with E-state index in [1.54, 1.807) is 6.07 Å². The summed E-state index contributed by atoms with van der Waals surface area (Å²) < 4.78 is 35.2. The van der Waals surface area contributed by atoms with Crippen LogP contribution in [-0.4, -0.2) is 25.1 Å². The molecule has 0 amide bonds. The van der Waals surface area contributed by atoms with E-state index in [4.69, 9.17) is 10.5 Å². The highest BCUT2D eigenvalue weighted by Gasteiger charge is 2.20. The van der Waals surface area contributed by atoms with Gasteiger partial charge in [-0.1, -0.05) is 4.49 Å². The molecule has 2 aromatic rings. The summed E-state index contributed by atoms with van der Waals surface area (Å²) >= 11 is 0.939. The Hall–Kier alpha value is -1.87. The predicted octanol–water partition coefficient (Wildman–Crippen LogP) is 0.930. The largest absolute Gasteiger partial charge is 0.495 e. The van der Waals surface area contributed by atoms with Gasteiger partial charge in [0.15, 0.2) is 0 Å². The smallest absolute Gasteiger partial charge is 0.266 e. The van der Waals surface area contributed by atoms with E-state index >= 15 is 0 Å². The fourth-order valence-electron chi connectivity index (χ4n) is 1.30. The lowest BCUT2D eigenvalue weighted by molar-refractivity contribution is 0.403. The van der Waals surface area contributed by atoms with E-state index in [1.807, 2.05) is 0 Å². The summed E-state index contributed by atoms with van der Waals surface area (Å²) in [6.45, 7) is 0. The van der Waals surface area contributed by atoms with Crippen molar-refractivity contribution in [2.24, 2.45) is 0 Å². The SMILES string of the molecule is COc1ccc(N)cc1S(=O)(=O)Nc1cnns1. The van der Waals surface area contributed by atoms with Gasteiger partial charge in [-0.25, -0.2) is 8.42 Å². The average Bonchev–Trinajstić information content (AvgIpc) is 2.81. The van der Waals surface area contributed by atoms with Crippen LogP contribution in [0.2, 0.25) is 0 Å². The zero-order valence-electron chi connectivity index (χ0n) is 9.32. The maximum absolute atomic E-state index is 12.1. The summed E-state index contributed by atoms with van der Waals surface area (Å²) in [5.74, 6) is 0.217. The van der Waals surface area contributed by atoms with Crippen molar-refractivity contribution in [1.29, 1.82) is 0 Å². The molecule has 96 valence electrons. The van der Waals surface area contributed by atoms with Crippen molar-refractivity contribution in [2.75, 3.05) is 17.6 Å². The van der Waals surface area contributed by atoms with Crippen LogP contribution in [0.4, 0.5) is 10.7 Å². The molecule has 2 rings (SSSR count). The summed E-state index contributed by atoms with van der Waals surface area (Å²) in [7, 11) is -2.39. The van der Waals surface area contributed by atoms with Gasteiger partial charge in [0.2, 0.25) is 0 Å². The van der Waals surface area contributed by atoms with Crippen molar-refractivity contribution in [3.8, 4) is 5.75 Å². The number of hydrogen-bond donors (Lipinski definition) is 2. The molecule has 0 saturated heterocycles. The minimum Gasteiger partial charge on any atom is -0.495 e. The quantitative estimate of drug-likeness (QED) is 0.810. The van der Waals surface area contributed by atoms with Crippen LogP contribution >= 0.6 is 11.5 Å². The number of anilines is 2. The summed E-state index contributed by atoms with van der Waals surface area (Å²) in [5, 5.41) is 3.86. The first kappa shape index (κ1) is 12.6. The molecule has 1 aromatic heterocycles. The van der Waals surface area contributed by atoms with Crippen molar-refractivity contribution >= 4 is 32.2 Å². The van der Waals surface area contributed by atoms with Crippen molar-refractivity contribution in [3.05, 3.63) is 24.4 Å². The Balaban J connectivity index is 2.43. The Morgan fingerprint density at radius 3 is 2.83 bits per heavy atom. The van der Waals surface area contributed by atoms with Crippen molar-refractivity contribution in [1.82, 2.24) is 9.59 Å². The molecular weight excluding hydrogens is 276 g/mol. The molecule has 9 heteroatoms. The third kappa shape index (κ3) is 2.51. The molecular formula is C9H10N4O3S2. The minimum atomic E-state index is -3.77. The molecule has 0 bridgehead atoms. The number of nitrogen functional groups attached to an aromatic ring is 1. The van der Waals surface area contributed by atoms with Gasteiger partial charge in [0.25, 0.3) is 10.0 Å². The maximum atomic E-state index is 12.1. The van der Waals surface area contributed by atoms with E-state index in [2.05, 4.69) is 14.3 Å². The van der Waals surface area contributed by atoms with Crippen LogP contribution in [0.5, 0.6) is 5.75 Å². The van der Waals surface area contributed by atoms with E-state index in [-0.39, 0.29) is 10.6 Å². The summed E-state index contributed by atoms with van der Waals surface area (Å²) in [4.78, 5) is -0.0293. The van der Waals surface area contributed by atoms with Crippen LogP contribution < -0.4 is 15.2 Å². The molecule has 0 spiro atoms. The van der Waals surface area contributed by atoms with Crippen molar-refractivity contribution in [2.45, 2.75) is 4.90 Å². The number of nitrogens with one attached hydrogen (secondary N) is 1. The van der Waals surface area contributed by atoms with Gasteiger partial charge in [-0.3, -0.25) is 4.72 Å². The lowest BCUT2D eigenvalue weighted by Gasteiger charge is -2.10. The first-order valence-corrected chi connectivity index (χ1v) is 7.02. The molecule has 0 unspecified atom stereocenters. The third-order valence-electron chi connectivity index (χ3n) is 2.07. The van der Waals surface area contributed by atoms with Crippen LogP contribution in [0, 0.1) is 0 Å². The van der Waals surface area contributed by atoms with E-state index in [1.165, 1.54) is 25.4 Å². The fourth-order valence-corrected chi connectivity index (χ4v) is 3.19. The van der Waals surface area contributed by atoms with Crippen LogP contribution in [0.3, 0.4) is 0 Å². The Bertz CT molecular complexity index is 640. The van der Waals surface area contributed by atoms with E-state index < -0.39 is 10.0 Å². The second-order valence-corrected chi connectivity index (χ2v) is 5.73. The molecule has 1 aromatic carbocycles. The molecule has 1 heterocycles. The van der Waals surface area contributed by atoms with Crippen LogP contribution in [0.1, 0.15) is 0 Å². The fraction of sp³-hybridized carbons (Fsp3) is 0.111. The molecule has 0 aliphatic heterocycles. The number of nitrogens with zero attached hydrogens (tertiary/aromatic N) is 2. The van der Waals surface area contributed by atoms with Crippen LogP contribution in [-0.2, 0) is 10.0 Å². The number of ether oxygens (including phenoxy) is 1. The number of nitrogens with two attached hydrogens (primary N) is 1. The van der Waals surface area contributed by atoms with Gasteiger partial charge in [-0.2, -0.15) is 0 Å². The van der Waals surface area contributed by atoms with Crippen molar-refractivity contribution in [3.63, 3.8) is 0 Å². The molecule has 0 atom stereocenters. The zero-order valence-corrected chi connectivity index (χ0v) is 11.0. The second-order valence-electron chi connectivity index (χ2n) is 3.30. The summed E-state index contributed by atoms with van der Waals surface area (Å²) in [6.07, 6.45) is 1.32. The van der Waals surface area contributed by atoms with Gasteiger partial charge in [0, 0.05) is 17.2 Å². The van der Waals surface area contributed by atoms with Gasteiger partial charge in [-0.05, 0) is 18.2 Å². The van der Waals surface area contributed by atoms with Gasteiger partial charge in [-0.15, -0.1) is 5.10 Å². The first-order valence-electron chi connectivity index (χ1n) is 4.76. The van der Waals surface area contributed by atoms with Crippen LogP contribution in [0.15, 0.2) is 29.3 Å². The van der Waals surface area contributed by atoms with E-state index in [0.29, 0.717) is 10.7 Å². The molecule has 3 N–H and O–H groups in total. The van der Waals surface area contributed by atoms with Gasteiger partial charge >= 0.3 is 0 Å². The van der Waals surface area contributed by atoms with Gasteiger partial charge in [0.1, 0.15) is 15.6 Å². The van der Waals surface area contributed by atoms with Crippen LogP contribution in [0.25, 0.3) is 0 Å². The average molecular weight is 286 g/mol. The molecule has 0 aliphatic rings. The zero-order chi connectivity index (χ0) is 13.2. The summed E-state index contributed by atoms with van der Waals surface area (Å²) in [5.41, 5.74) is 5.91. The molecule has 0 aliphatic carbocycles. The summed E-state index contributed by atoms with van der Waals surface area (Å²) in [6, 6.07) is 4.39. The highest BCUT2D eigenvalue weighted by Crippen LogP contribution is 2.28. The third-order valence-corrected chi connectivity index (χ3v) is 4.17. The lowest BCUT2D eigenvalue weighted by Crippen LogP contribution is -2.13. The number of hydrogen-bond acceptors (Lipinski definition) is 7. The number of sulfonamides is 1. The lowest BCUT2D eigenvalue weighted by atomic mass is 10.3. The van der Waals surface area contributed by atoms with E-state index in [0.717, 1.165) is 11.5 Å². The normalized spacial score (nSPS) is 11.2. The van der Waals surface area contributed by atoms with E-state index in [9.17, 15) is 8.42 Å². The molecule has 7 nitrogen and oxygen atoms in total. The Morgan fingerprint density at radius 2 is 2.22 bits per heavy atom. The minimum absolute atomic E-state index is 0.0293. The molecule has 0 radical (unpaired) electrons. The molecule has 0 fully saturated rings. The molecule has 18 heavy (non-hydrogen) atoms.